The van der Waals surface area contributed by atoms with Crippen LogP contribution in [0.1, 0.15) is 27.2 Å². The summed E-state index contributed by atoms with van der Waals surface area (Å²) >= 11 is 0. The summed E-state index contributed by atoms with van der Waals surface area (Å²) in [6.07, 6.45) is 0.691. The molecule has 15 heavy (non-hydrogen) atoms. The van der Waals surface area contributed by atoms with Crippen molar-refractivity contribution in [2.45, 2.75) is 27.2 Å². The zero-order chi connectivity index (χ0) is 11.9. The summed E-state index contributed by atoms with van der Waals surface area (Å²) in [6, 6.07) is 0. The number of nitrogens with zero attached hydrogens (tertiary/aromatic N) is 1. The van der Waals surface area contributed by atoms with Crippen LogP contribution >= 0.6 is 0 Å². The zero-order valence-corrected chi connectivity index (χ0v) is 10.7. The van der Waals surface area contributed by atoms with Crippen LogP contribution in [-0.4, -0.2) is 38.9 Å². The fraction of sp³-hybridized carbons (Fsp3) is 1.00. The highest BCUT2D eigenvalue weighted by atomic mass is 32.2. The van der Waals surface area contributed by atoms with Gasteiger partial charge in [0.25, 0.3) is 10.2 Å². The highest BCUT2D eigenvalue weighted by Crippen LogP contribution is 2.00. The minimum absolute atomic E-state index is 0.313. The molecule has 0 fully saturated rings. The second kappa shape index (κ2) is 7.16. The van der Waals surface area contributed by atoms with Gasteiger partial charge in [-0.1, -0.05) is 20.8 Å². The lowest BCUT2D eigenvalue weighted by Crippen LogP contribution is -2.42. The standard InChI is InChI=1S/C9H23N3O2S/c1-4-12(7-5-6-10)15(13,14)11-8-9(2)3/h9,11H,4-8,10H2,1-3H3. The Morgan fingerprint density at radius 2 is 2.00 bits per heavy atom. The van der Waals surface area contributed by atoms with Gasteiger partial charge in [-0.3, -0.25) is 0 Å². The third-order valence-corrected chi connectivity index (χ3v) is 3.63. The van der Waals surface area contributed by atoms with Crippen molar-refractivity contribution in [2.24, 2.45) is 11.7 Å². The van der Waals surface area contributed by atoms with Crippen molar-refractivity contribution < 1.29 is 8.42 Å². The SMILES string of the molecule is CCN(CCCN)S(=O)(=O)NCC(C)C. The summed E-state index contributed by atoms with van der Waals surface area (Å²) in [4.78, 5) is 0. The Kier molecular flexibility index (Phi) is 7.08. The molecule has 0 heterocycles. The molecule has 0 aliphatic carbocycles. The minimum Gasteiger partial charge on any atom is -0.330 e. The third kappa shape index (κ3) is 6.09. The largest absolute Gasteiger partial charge is 0.330 e. The number of hydrogen-bond acceptors (Lipinski definition) is 3. The fourth-order valence-electron chi connectivity index (χ4n) is 1.08. The predicted molar refractivity (Wildman–Crippen MR) is 62.7 cm³/mol. The van der Waals surface area contributed by atoms with Crippen molar-refractivity contribution in [3.8, 4) is 0 Å². The molecule has 6 heteroatoms. The zero-order valence-electron chi connectivity index (χ0n) is 9.86. The quantitative estimate of drug-likeness (QED) is 0.631. The molecule has 0 saturated heterocycles. The van der Waals surface area contributed by atoms with E-state index in [0.717, 1.165) is 0 Å². The molecular weight excluding hydrogens is 214 g/mol. The smallest absolute Gasteiger partial charge is 0.279 e. The maximum atomic E-state index is 11.7. The van der Waals surface area contributed by atoms with Crippen molar-refractivity contribution in [1.82, 2.24) is 9.03 Å². The van der Waals surface area contributed by atoms with Crippen LogP contribution in [0.2, 0.25) is 0 Å². The van der Waals surface area contributed by atoms with E-state index in [0.29, 0.717) is 38.5 Å². The summed E-state index contributed by atoms with van der Waals surface area (Å²) in [7, 11) is -3.31. The maximum Gasteiger partial charge on any atom is 0.279 e. The lowest BCUT2D eigenvalue weighted by atomic mass is 10.2. The Morgan fingerprint density at radius 1 is 1.40 bits per heavy atom. The van der Waals surface area contributed by atoms with E-state index in [2.05, 4.69) is 4.72 Å². The maximum absolute atomic E-state index is 11.7. The van der Waals surface area contributed by atoms with Crippen molar-refractivity contribution in [3.05, 3.63) is 0 Å². The fourth-order valence-corrected chi connectivity index (χ4v) is 2.52. The van der Waals surface area contributed by atoms with E-state index in [1.165, 1.54) is 4.31 Å². The molecule has 0 aliphatic heterocycles. The second-order valence-electron chi connectivity index (χ2n) is 3.88. The third-order valence-electron chi connectivity index (χ3n) is 1.98. The summed E-state index contributed by atoms with van der Waals surface area (Å²) in [5.74, 6) is 0.313. The average Bonchev–Trinajstić information content (AvgIpc) is 2.16. The minimum atomic E-state index is -3.31. The molecular formula is C9H23N3O2S. The number of rotatable bonds is 8. The Morgan fingerprint density at radius 3 is 2.40 bits per heavy atom. The first-order valence-corrected chi connectivity index (χ1v) is 6.82. The molecule has 0 unspecified atom stereocenters. The van der Waals surface area contributed by atoms with Crippen LogP contribution in [0, 0.1) is 5.92 Å². The Bertz CT molecular complexity index is 252. The Hall–Kier alpha value is -0.170. The molecule has 0 bridgehead atoms. The predicted octanol–water partition coefficient (Wildman–Crippen LogP) is 0.148. The van der Waals surface area contributed by atoms with Gasteiger partial charge >= 0.3 is 0 Å². The number of hydrogen-bond donors (Lipinski definition) is 2. The van der Waals surface area contributed by atoms with Crippen molar-refractivity contribution in [2.75, 3.05) is 26.2 Å². The monoisotopic (exact) mass is 237 g/mol. The van der Waals surface area contributed by atoms with Crippen LogP contribution < -0.4 is 10.5 Å². The molecule has 3 N–H and O–H groups in total. The van der Waals surface area contributed by atoms with Crippen molar-refractivity contribution in [3.63, 3.8) is 0 Å². The molecule has 0 saturated carbocycles. The topological polar surface area (TPSA) is 75.4 Å². The lowest BCUT2D eigenvalue weighted by Gasteiger charge is -2.21. The Labute approximate surface area is 93.2 Å². The van der Waals surface area contributed by atoms with Crippen LogP contribution in [0.3, 0.4) is 0 Å². The molecule has 0 aromatic heterocycles. The molecule has 5 nitrogen and oxygen atoms in total. The molecule has 0 aromatic rings. The van der Waals surface area contributed by atoms with Crippen LogP contribution in [0.5, 0.6) is 0 Å². The van der Waals surface area contributed by atoms with Gasteiger partial charge < -0.3 is 5.73 Å². The second-order valence-corrected chi connectivity index (χ2v) is 5.64. The molecule has 0 aliphatic rings. The van der Waals surface area contributed by atoms with Gasteiger partial charge in [-0.25, -0.2) is 4.72 Å². The van der Waals surface area contributed by atoms with Gasteiger partial charge in [-0.2, -0.15) is 12.7 Å². The molecule has 0 spiro atoms. The van der Waals surface area contributed by atoms with Gasteiger partial charge in [0, 0.05) is 19.6 Å². The van der Waals surface area contributed by atoms with Gasteiger partial charge in [0.15, 0.2) is 0 Å². The van der Waals surface area contributed by atoms with Gasteiger partial charge in [0.1, 0.15) is 0 Å². The van der Waals surface area contributed by atoms with Crippen LogP contribution in [-0.2, 0) is 10.2 Å². The van der Waals surface area contributed by atoms with Gasteiger partial charge in [-0.05, 0) is 18.9 Å². The van der Waals surface area contributed by atoms with E-state index >= 15 is 0 Å². The highest BCUT2D eigenvalue weighted by molar-refractivity contribution is 7.87. The van der Waals surface area contributed by atoms with E-state index in [1.54, 1.807) is 0 Å². The van der Waals surface area contributed by atoms with Crippen LogP contribution in [0.15, 0.2) is 0 Å². The van der Waals surface area contributed by atoms with Crippen molar-refractivity contribution in [1.29, 1.82) is 0 Å². The van der Waals surface area contributed by atoms with Crippen LogP contribution in [0.25, 0.3) is 0 Å². The van der Waals surface area contributed by atoms with E-state index in [4.69, 9.17) is 5.73 Å². The number of nitrogens with two attached hydrogens (primary N) is 1. The lowest BCUT2D eigenvalue weighted by molar-refractivity contribution is 0.411. The van der Waals surface area contributed by atoms with Gasteiger partial charge in [-0.15, -0.1) is 0 Å². The number of nitrogens with one attached hydrogen (secondary N) is 1. The summed E-state index contributed by atoms with van der Waals surface area (Å²) in [5.41, 5.74) is 5.36. The summed E-state index contributed by atoms with van der Waals surface area (Å²) in [5, 5.41) is 0. The van der Waals surface area contributed by atoms with Crippen LogP contribution in [0.4, 0.5) is 0 Å². The summed E-state index contributed by atoms with van der Waals surface area (Å²) < 4.78 is 27.5. The Balaban J connectivity index is 4.25. The van der Waals surface area contributed by atoms with E-state index in [-0.39, 0.29) is 0 Å². The molecule has 0 radical (unpaired) electrons. The highest BCUT2D eigenvalue weighted by Gasteiger charge is 2.18. The van der Waals surface area contributed by atoms with E-state index < -0.39 is 10.2 Å². The van der Waals surface area contributed by atoms with Crippen molar-refractivity contribution >= 4 is 10.2 Å². The average molecular weight is 237 g/mol. The van der Waals surface area contributed by atoms with E-state index in [9.17, 15) is 8.42 Å². The first-order valence-electron chi connectivity index (χ1n) is 5.38. The summed E-state index contributed by atoms with van der Waals surface area (Å²) in [6.45, 7) is 7.72. The molecule has 0 atom stereocenters. The molecule has 0 aromatic carbocycles. The first kappa shape index (κ1) is 14.8. The molecule has 92 valence electrons. The van der Waals surface area contributed by atoms with Gasteiger partial charge in [0.2, 0.25) is 0 Å². The molecule has 0 amide bonds. The first-order chi connectivity index (χ1) is 6.94. The molecule has 0 rings (SSSR count). The van der Waals surface area contributed by atoms with Gasteiger partial charge in [0.05, 0.1) is 0 Å². The van der Waals surface area contributed by atoms with E-state index in [1.807, 2.05) is 20.8 Å². The normalized spacial score (nSPS) is 12.7.